The van der Waals surface area contributed by atoms with Gasteiger partial charge in [-0.15, -0.1) is 0 Å². The highest BCUT2D eigenvalue weighted by atomic mass is 16.3. The van der Waals surface area contributed by atoms with Gasteiger partial charge in [0, 0.05) is 22.4 Å². The summed E-state index contributed by atoms with van der Waals surface area (Å²) in [5.41, 5.74) is 1.14. The summed E-state index contributed by atoms with van der Waals surface area (Å²) in [7, 11) is 0. The quantitative estimate of drug-likeness (QED) is 0.259. The number of amides is 3. The van der Waals surface area contributed by atoms with Crippen LogP contribution < -0.4 is 16.0 Å². The van der Waals surface area contributed by atoms with Gasteiger partial charge < -0.3 is 26.2 Å². The van der Waals surface area contributed by atoms with Crippen LogP contribution >= 0.6 is 0 Å². The molecule has 0 fully saturated rings. The lowest BCUT2D eigenvalue weighted by molar-refractivity contribution is 0.101. The fraction of sp³-hybridized carbons (Fsp3) is 0. The fourth-order valence-corrected chi connectivity index (χ4v) is 3.30. The van der Waals surface area contributed by atoms with Crippen LogP contribution in [0.25, 0.3) is 0 Å². The molecule has 4 aromatic rings. The Labute approximate surface area is 200 Å². The number of phenolic OH excluding ortho intramolecular Hbond substituents is 2. The zero-order valence-corrected chi connectivity index (χ0v) is 18.4. The number of para-hydroxylation sites is 4. The Bertz CT molecular complexity index is 1330. The molecule has 0 radical (unpaired) electrons. The SMILES string of the molecule is O=C(Nc1cc(C(=O)Nc2ccccc2O)cc(C(=O)Nc2ccccc2O)c1)c1ccccc1. The van der Waals surface area contributed by atoms with Crippen molar-refractivity contribution in [3.63, 3.8) is 0 Å². The van der Waals surface area contributed by atoms with Crippen molar-refractivity contribution in [2.45, 2.75) is 0 Å². The van der Waals surface area contributed by atoms with E-state index in [0.717, 1.165) is 0 Å². The normalized spacial score (nSPS) is 10.3. The number of benzene rings is 4. The molecular weight excluding hydrogens is 446 g/mol. The topological polar surface area (TPSA) is 128 Å². The van der Waals surface area contributed by atoms with Crippen LogP contribution in [0.1, 0.15) is 31.1 Å². The molecule has 0 heterocycles. The van der Waals surface area contributed by atoms with Crippen molar-refractivity contribution in [2.24, 2.45) is 0 Å². The number of phenols is 2. The number of nitrogens with one attached hydrogen (secondary N) is 3. The number of anilines is 3. The third-order valence-electron chi connectivity index (χ3n) is 5.06. The minimum Gasteiger partial charge on any atom is -0.506 e. The molecule has 0 spiro atoms. The van der Waals surface area contributed by atoms with E-state index in [1.54, 1.807) is 54.6 Å². The largest absolute Gasteiger partial charge is 0.506 e. The van der Waals surface area contributed by atoms with Crippen LogP contribution in [0.4, 0.5) is 17.1 Å². The molecule has 4 rings (SSSR count). The van der Waals surface area contributed by atoms with Crippen LogP contribution in [-0.2, 0) is 0 Å². The van der Waals surface area contributed by atoms with Gasteiger partial charge in [-0.05, 0) is 54.6 Å². The molecule has 8 heteroatoms. The van der Waals surface area contributed by atoms with Crippen LogP contribution in [-0.4, -0.2) is 27.9 Å². The van der Waals surface area contributed by atoms with Gasteiger partial charge in [0.15, 0.2) is 0 Å². The van der Waals surface area contributed by atoms with Gasteiger partial charge in [-0.3, -0.25) is 14.4 Å². The molecular formula is C27H21N3O5. The third kappa shape index (κ3) is 5.63. The Morgan fingerprint density at radius 1 is 0.486 bits per heavy atom. The number of carbonyl (C=O) groups is 3. The number of hydrogen-bond acceptors (Lipinski definition) is 5. The second kappa shape index (κ2) is 10.2. The Hall–Kier alpha value is -5.11. The van der Waals surface area contributed by atoms with Gasteiger partial charge >= 0.3 is 0 Å². The average Bonchev–Trinajstić information content (AvgIpc) is 2.87. The molecule has 0 atom stereocenters. The minimum atomic E-state index is -0.598. The van der Waals surface area contributed by atoms with E-state index in [1.165, 1.54) is 42.5 Å². The molecule has 0 aliphatic heterocycles. The van der Waals surface area contributed by atoms with Crippen molar-refractivity contribution < 1.29 is 24.6 Å². The lowest BCUT2D eigenvalue weighted by Crippen LogP contribution is -2.18. The van der Waals surface area contributed by atoms with Crippen LogP contribution in [0.5, 0.6) is 11.5 Å². The predicted octanol–water partition coefficient (Wildman–Crippen LogP) is 4.85. The Morgan fingerprint density at radius 3 is 1.40 bits per heavy atom. The van der Waals surface area contributed by atoms with Crippen molar-refractivity contribution in [3.05, 3.63) is 114 Å². The minimum absolute atomic E-state index is 0.0709. The van der Waals surface area contributed by atoms with E-state index < -0.39 is 17.7 Å². The summed E-state index contributed by atoms with van der Waals surface area (Å²) in [4.78, 5) is 38.6. The molecule has 174 valence electrons. The van der Waals surface area contributed by atoms with Crippen molar-refractivity contribution in [3.8, 4) is 11.5 Å². The van der Waals surface area contributed by atoms with E-state index in [-0.39, 0.29) is 39.7 Å². The zero-order valence-electron chi connectivity index (χ0n) is 18.4. The van der Waals surface area contributed by atoms with Crippen LogP contribution in [0.15, 0.2) is 97.1 Å². The van der Waals surface area contributed by atoms with E-state index in [0.29, 0.717) is 5.56 Å². The number of rotatable bonds is 6. The first kappa shape index (κ1) is 23.1. The highest BCUT2D eigenvalue weighted by Gasteiger charge is 2.17. The molecule has 5 N–H and O–H groups in total. The van der Waals surface area contributed by atoms with Gasteiger partial charge in [0.1, 0.15) is 11.5 Å². The van der Waals surface area contributed by atoms with E-state index in [9.17, 15) is 24.6 Å². The molecule has 0 saturated carbocycles. The Kier molecular flexibility index (Phi) is 6.73. The monoisotopic (exact) mass is 467 g/mol. The molecule has 35 heavy (non-hydrogen) atoms. The first-order chi connectivity index (χ1) is 16.9. The van der Waals surface area contributed by atoms with Crippen LogP contribution in [0.3, 0.4) is 0 Å². The first-order valence-electron chi connectivity index (χ1n) is 10.6. The summed E-state index contributed by atoms with van der Waals surface area (Å²) in [6.45, 7) is 0. The number of carbonyl (C=O) groups excluding carboxylic acids is 3. The van der Waals surface area contributed by atoms with E-state index in [2.05, 4.69) is 16.0 Å². The predicted molar refractivity (Wildman–Crippen MR) is 133 cm³/mol. The summed E-state index contributed by atoms with van der Waals surface area (Å²) in [6.07, 6.45) is 0. The van der Waals surface area contributed by atoms with Gasteiger partial charge in [-0.2, -0.15) is 0 Å². The van der Waals surface area contributed by atoms with Crippen molar-refractivity contribution >= 4 is 34.8 Å². The maximum atomic E-state index is 13.0. The van der Waals surface area contributed by atoms with Crippen LogP contribution in [0.2, 0.25) is 0 Å². The van der Waals surface area contributed by atoms with Gasteiger partial charge in [-0.25, -0.2) is 0 Å². The maximum absolute atomic E-state index is 13.0. The highest BCUT2D eigenvalue weighted by molar-refractivity contribution is 6.12. The third-order valence-corrected chi connectivity index (χ3v) is 5.06. The molecule has 0 aliphatic rings. The molecule has 8 nitrogen and oxygen atoms in total. The van der Waals surface area contributed by atoms with Crippen molar-refractivity contribution in [2.75, 3.05) is 16.0 Å². The molecule has 0 aromatic heterocycles. The second-order valence-corrected chi connectivity index (χ2v) is 7.56. The lowest BCUT2D eigenvalue weighted by atomic mass is 10.1. The van der Waals surface area contributed by atoms with Crippen LogP contribution in [0, 0.1) is 0 Å². The second-order valence-electron chi connectivity index (χ2n) is 7.56. The van der Waals surface area contributed by atoms with Gasteiger partial charge in [0.2, 0.25) is 0 Å². The zero-order chi connectivity index (χ0) is 24.8. The average molecular weight is 467 g/mol. The first-order valence-corrected chi connectivity index (χ1v) is 10.6. The van der Waals surface area contributed by atoms with Crippen molar-refractivity contribution in [1.29, 1.82) is 0 Å². The van der Waals surface area contributed by atoms with E-state index >= 15 is 0 Å². The maximum Gasteiger partial charge on any atom is 0.255 e. The number of hydrogen-bond donors (Lipinski definition) is 5. The molecule has 4 aromatic carbocycles. The van der Waals surface area contributed by atoms with E-state index in [4.69, 9.17) is 0 Å². The van der Waals surface area contributed by atoms with Gasteiger partial charge in [0.05, 0.1) is 11.4 Å². The smallest absolute Gasteiger partial charge is 0.255 e. The molecule has 0 unspecified atom stereocenters. The standard InChI is InChI=1S/C27H21N3O5/c31-23-12-6-4-10-21(23)29-26(34)18-14-19(27(35)30-22-11-5-7-13-24(22)32)16-20(15-18)28-25(33)17-8-2-1-3-9-17/h1-16,31-32H,(H,28,33)(H,29,34)(H,30,35). The summed E-state index contributed by atoms with van der Waals surface area (Å²) in [5.74, 6) is -1.85. The highest BCUT2D eigenvalue weighted by Crippen LogP contribution is 2.25. The molecule has 0 saturated heterocycles. The van der Waals surface area contributed by atoms with Gasteiger partial charge in [0.25, 0.3) is 17.7 Å². The lowest BCUT2D eigenvalue weighted by Gasteiger charge is -2.13. The summed E-state index contributed by atoms with van der Waals surface area (Å²) in [5, 5.41) is 27.8. The van der Waals surface area contributed by atoms with Gasteiger partial charge in [-0.1, -0.05) is 42.5 Å². The molecule has 0 aliphatic carbocycles. The Balaban J connectivity index is 1.66. The summed E-state index contributed by atoms with van der Waals surface area (Å²) < 4.78 is 0. The molecule has 3 amide bonds. The summed E-state index contributed by atoms with van der Waals surface area (Å²) >= 11 is 0. The summed E-state index contributed by atoms with van der Waals surface area (Å²) in [6, 6.07) is 25.1. The fourth-order valence-electron chi connectivity index (χ4n) is 3.30. The van der Waals surface area contributed by atoms with E-state index in [1.807, 2.05) is 0 Å². The molecule has 0 bridgehead atoms. The Morgan fingerprint density at radius 2 is 0.914 bits per heavy atom. The van der Waals surface area contributed by atoms with Crippen molar-refractivity contribution in [1.82, 2.24) is 0 Å². The number of aromatic hydroxyl groups is 2.